The Labute approximate surface area is 72.3 Å². The van der Waals surface area contributed by atoms with Crippen molar-refractivity contribution < 1.29 is 9.50 Å². The summed E-state index contributed by atoms with van der Waals surface area (Å²) in [5.74, 6) is -0.192. The van der Waals surface area contributed by atoms with Crippen molar-refractivity contribution in [1.29, 1.82) is 0 Å². The van der Waals surface area contributed by atoms with Crippen LogP contribution in [0, 0.1) is 5.92 Å². The SMILES string of the molecule is C[C@H](N)/C(F)=C1\CCC[C@H]1CO. The number of hydrogen-bond acceptors (Lipinski definition) is 2. The van der Waals surface area contributed by atoms with E-state index < -0.39 is 6.04 Å². The van der Waals surface area contributed by atoms with Crippen LogP contribution in [0.1, 0.15) is 26.2 Å². The first-order chi connectivity index (χ1) is 5.66. The molecule has 3 heteroatoms. The predicted octanol–water partition coefficient (Wildman–Crippen LogP) is 1.35. The fraction of sp³-hybridized carbons (Fsp3) is 0.778. The van der Waals surface area contributed by atoms with Gasteiger partial charge in [0.05, 0.1) is 6.04 Å². The maximum Gasteiger partial charge on any atom is 0.116 e. The molecule has 0 spiro atoms. The summed E-state index contributed by atoms with van der Waals surface area (Å²) >= 11 is 0. The molecular formula is C9H16FNO. The minimum absolute atomic E-state index is 0.0241. The average Bonchev–Trinajstić information content (AvgIpc) is 2.49. The maximum atomic E-state index is 13.3. The van der Waals surface area contributed by atoms with Crippen LogP contribution in [0.25, 0.3) is 0 Å². The molecule has 70 valence electrons. The minimum Gasteiger partial charge on any atom is -0.396 e. The van der Waals surface area contributed by atoms with Crippen LogP contribution in [-0.4, -0.2) is 17.8 Å². The van der Waals surface area contributed by atoms with Crippen molar-refractivity contribution in [2.75, 3.05) is 6.61 Å². The fourth-order valence-corrected chi connectivity index (χ4v) is 1.73. The van der Waals surface area contributed by atoms with E-state index in [1.807, 2.05) is 0 Å². The molecular weight excluding hydrogens is 157 g/mol. The van der Waals surface area contributed by atoms with Crippen molar-refractivity contribution in [3.63, 3.8) is 0 Å². The largest absolute Gasteiger partial charge is 0.396 e. The van der Waals surface area contributed by atoms with Gasteiger partial charge in [0.25, 0.3) is 0 Å². The van der Waals surface area contributed by atoms with Gasteiger partial charge in [-0.15, -0.1) is 0 Å². The minimum atomic E-state index is -0.521. The van der Waals surface area contributed by atoms with E-state index in [-0.39, 0.29) is 18.4 Å². The molecule has 1 saturated carbocycles. The van der Waals surface area contributed by atoms with Crippen LogP contribution in [0.4, 0.5) is 4.39 Å². The number of rotatable bonds is 2. The highest BCUT2D eigenvalue weighted by atomic mass is 19.1. The van der Waals surface area contributed by atoms with E-state index in [2.05, 4.69) is 0 Å². The van der Waals surface area contributed by atoms with E-state index in [1.165, 1.54) is 0 Å². The molecule has 1 aliphatic carbocycles. The third-order valence-electron chi connectivity index (χ3n) is 2.42. The summed E-state index contributed by atoms with van der Waals surface area (Å²) in [6, 6.07) is -0.521. The molecule has 0 amide bonds. The summed E-state index contributed by atoms with van der Waals surface area (Å²) < 4.78 is 13.3. The van der Waals surface area contributed by atoms with Gasteiger partial charge >= 0.3 is 0 Å². The van der Waals surface area contributed by atoms with Crippen molar-refractivity contribution in [1.82, 2.24) is 0 Å². The van der Waals surface area contributed by atoms with Crippen LogP contribution in [0.15, 0.2) is 11.4 Å². The van der Waals surface area contributed by atoms with E-state index in [0.717, 1.165) is 24.8 Å². The summed E-state index contributed by atoms with van der Waals surface area (Å²) in [6.45, 7) is 1.69. The van der Waals surface area contributed by atoms with Gasteiger partial charge < -0.3 is 10.8 Å². The lowest BCUT2D eigenvalue weighted by molar-refractivity contribution is 0.246. The van der Waals surface area contributed by atoms with Crippen molar-refractivity contribution in [3.8, 4) is 0 Å². The van der Waals surface area contributed by atoms with Crippen LogP contribution in [0.2, 0.25) is 0 Å². The van der Waals surface area contributed by atoms with Gasteiger partial charge in [-0.1, -0.05) is 0 Å². The lowest BCUT2D eigenvalue weighted by atomic mass is 10.0. The van der Waals surface area contributed by atoms with E-state index in [0.29, 0.717) is 0 Å². The first-order valence-corrected chi connectivity index (χ1v) is 4.41. The quantitative estimate of drug-likeness (QED) is 0.662. The summed E-state index contributed by atoms with van der Waals surface area (Å²) in [7, 11) is 0. The summed E-state index contributed by atoms with van der Waals surface area (Å²) in [4.78, 5) is 0. The number of hydrogen-bond donors (Lipinski definition) is 2. The number of aliphatic hydroxyl groups is 1. The lowest BCUT2D eigenvalue weighted by Crippen LogP contribution is -2.18. The van der Waals surface area contributed by atoms with E-state index in [4.69, 9.17) is 10.8 Å². The molecule has 1 aliphatic rings. The van der Waals surface area contributed by atoms with Gasteiger partial charge in [0.2, 0.25) is 0 Å². The first-order valence-electron chi connectivity index (χ1n) is 4.41. The van der Waals surface area contributed by atoms with Gasteiger partial charge in [0.15, 0.2) is 0 Å². The molecule has 0 aromatic heterocycles. The van der Waals surface area contributed by atoms with Crippen molar-refractivity contribution in [3.05, 3.63) is 11.4 Å². The first kappa shape index (κ1) is 9.68. The van der Waals surface area contributed by atoms with Crippen LogP contribution < -0.4 is 5.73 Å². The number of nitrogens with two attached hydrogens (primary N) is 1. The molecule has 2 atom stereocenters. The predicted molar refractivity (Wildman–Crippen MR) is 46.2 cm³/mol. The van der Waals surface area contributed by atoms with Gasteiger partial charge in [-0.05, 0) is 31.8 Å². The van der Waals surface area contributed by atoms with Crippen molar-refractivity contribution in [2.45, 2.75) is 32.2 Å². The third-order valence-corrected chi connectivity index (χ3v) is 2.42. The fourth-order valence-electron chi connectivity index (χ4n) is 1.73. The van der Waals surface area contributed by atoms with Crippen molar-refractivity contribution >= 4 is 0 Å². The zero-order valence-corrected chi connectivity index (χ0v) is 7.39. The summed E-state index contributed by atoms with van der Waals surface area (Å²) in [5, 5.41) is 8.93. The second-order valence-corrected chi connectivity index (χ2v) is 3.43. The normalized spacial score (nSPS) is 30.5. The third kappa shape index (κ3) is 1.84. The van der Waals surface area contributed by atoms with Crippen molar-refractivity contribution in [2.24, 2.45) is 11.7 Å². The van der Waals surface area contributed by atoms with Gasteiger partial charge in [0, 0.05) is 12.5 Å². The second-order valence-electron chi connectivity index (χ2n) is 3.43. The van der Waals surface area contributed by atoms with Gasteiger partial charge in [-0.3, -0.25) is 0 Å². The molecule has 0 radical (unpaired) electrons. The molecule has 0 aromatic carbocycles. The smallest absolute Gasteiger partial charge is 0.116 e. The zero-order valence-electron chi connectivity index (χ0n) is 7.39. The molecule has 12 heavy (non-hydrogen) atoms. The highest BCUT2D eigenvalue weighted by Gasteiger charge is 2.24. The summed E-state index contributed by atoms with van der Waals surface area (Å²) in [6.07, 6.45) is 2.63. The topological polar surface area (TPSA) is 46.2 Å². The Kier molecular flexibility index (Phi) is 3.23. The lowest BCUT2D eigenvalue weighted by Gasteiger charge is -2.11. The van der Waals surface area contributed by atoms with E-state index in [1.54, 1.807) is 6.92 Å². The Morgan fingerprint density at radius 3 is 3.00 bits per heavy atom. The standard InChI is InChI=1S/C9H16FNO/c1-6(11)9(10)8-4-2-3-7(8)5-12/h6-7,12H,2-5,11H2,1H3/b9-8-/t6-,7-/m0/s1. The average molecular weight is 173 g/mol. The summed E-state index contributed by atoms with van der Waals surface area (Å²) in [5.41, 5.74) is 6.16. The molecule has 0 unspecified atom stereocenters. The Morgan fingerprint density at radius 1 is 1.83 bits per heavy atom. The van der Waals surface area contributed by atoms with E-state index >= 15 is 0 Å². The Morgan fingerprint density at radius 2 is 2.50 bits per heavy atom. The second kappa shape index (κ2) is 4.01. The zero-order chi connectivity index (χ0) is 9.14. The van der Waals surface area contributed by atoms with E-state index in [9.17, 15) is 4.39 Å². The van der Waals surface area contributed by atoms with Crippen LogP contribution in [0.3, 0.4) is 0 Å². The maximum absolute atomic E-state index is 13.3. The molecule has 1 fully saturated rings. The molecule has 0 heterocycles. The van der Waals surface area contributed by atoms with Crippen LogP contribution >= 0.6 is 0 Å². The monoisotopic (exact) mass is 173 g/mol. The van der Waals surface area contributed by atoms with Gasteiger partial charge in [-0.25, -0.2) is 4.39 Å². The molecule has 0 aliphatic heterocycles. The molecule has 0 aromatic rings. The van der Waals surface area contributed by atoms with Gasteiger partial charge in [-0.2, -0.15) is 0 Å². The highest BCUT2D eigenvalue weighted by Crippen LogP contribution is 2.34. The molecule has 3 N–H and O–H groups in total. The van der Waals surface area contributed by atoms with Crippen LogP contribution in [-0.2, 0) is 0 Å². The number of halogens is 1. The molecule has 1 rings (SSSR count). The Hall–Kier alpha value is -0.410. The Balaban J connectivity index is 2.77. The Bertz CT molecular complexity index is 189. The molecule has 2 nitrogen and oxygen atoms in total. The number of aliphatic hydroxyl groups excluding tert-OH is 1. The van der Waals surface area contributed by atoms with Gasteiger partial charge in [0.1, 0.15) is 5.83 Å². The molecule has 0 bridgehead atoms. The highest BCUT2D eigenvalue weighted by molar-refractivity contribution is 5.18. The molecule has 0 saturated heterocycles. The van der Waals surface area contributed by atoms with Crippen LogP contribution in [0.5, 0.6) is 0 Å².